The summed E-state index contributed by atoms with van der Waals surface area (Å²) in [6.45, 7) is 7.99. The summed E-state index contributed by atoms with van der Waals surface area (Å²) in [5.74, 6) is 1.36. The molecule has 1 aromatic heterocycles. The van der Waals surface area contributed by atoms with Gasteiger partial charge < -0.3 is 0 Å². The summed E-state index contributed by atoms with van der Waals surface area (Å²) in [5, 5.41) is 0. The van der Waals surface area contributed by atoms with Crippen LogP contribution in [0.5, 0.6) is 0 Å². The van der Waals surface area contributed by atoms with E-state index in [2.05, 4.69) is 72.6 Å². The van der Waals surface area contributed by atoms with Crippen molar-refractivity contribution in [3.8, 4) is 0 Å². The van der Waals surface area contributed by atoms with Gasteiger partial charge in [0.15, 0.2) is 0 Å². The van der Waals surface area contributed by atoms with E-state index in [-0.39, 0.29) is 17.0 Å². The van der Waals surface area contributed by atoms with E-state index in [0.717, 1.165) is 6.54 Å². The molecule has 0 bridgehead atoms. The van der Waals surface area contributed by atoms with Crippen LogP contribution in [0.3, 0.4) is 0 Å². The van der Waals surface area contributed by atoms with Crippen LogP contribution in [0.15, 0.2) is 42.7 Å². The summed E-state index contributed by atoms with van der Waals surface area (Å²) in [7, 11) is 0. The Kier molecular flexibility index (Phi) is 15.7. The van der Waals surface area contributed by atoms with Crippen LogP contribution in [-0.4, -0.2) is 4.57 Å². The van der Waals surface area contributed by atoms with Crippen molar-refractivity contribution in [2.75, 3.05) is 0 Å². The summed E-state index contributed by atoms with van der Waals surface area (Å²) < 4.78 is 4.83. The predicted molar refractivity (Wildman–Crippen MR) is 140 cm³/mol. The Bertz CT molecular complexity index is 665. The summed E-state index contributed by atoms with van der Waals surface area (Å²) in [6, 6.07) is 11.2. The first kappa shape index (κ1) is 27.9. The van der Waals surface area contributed by atoms with E-state index in [9.17, 15) is 0 Å². The van der Waals surface area contributed by atoms with Crippen molar-refractivity contribution in [1.29, 1.82) is 0 Å². The lowest BCUT2D eigenvalue weighted by molar-refractivity contribution is -0.702. The zero-order chi connectivity index (χ0) is 21.4. The number of hydrogen-bond donors (Lipinski definition) is 0. The van der Waals surface area contributed by atoms with Crippen LogP contribution in [0.4, 0.5) is 0 Å². The largest absolute Gasteiger partial charge is 0.253 e. The number of aryl methyl sites for hydroxylation is 1. The van der Waals surface area contributed by atoms with Gasteiger partial charge in [-0.2, -0.15) is 0 Å². The Morgan fingerprint density at radius 1 is 0.742 bits per heavy atom. The molecule has 0 saturated carbocycles. The van der Waals surface area contributed by atoms with Crippen LogP contribution >= 0.6 is 17.0 Å². The molecule has 0 fully saturated rings. The van der Waals surface area contributed by atoms with Gasteiger partial charge in [-0.3, -0.25) is 0 Å². The summed E-state index contributed by atoms with van der Waals surface area (Å²) in [5.41, 5.74) is 1.37. The average Bonchev–Trinajstić information content (AvgIpc) is 3.14. The van der Waals surface area contributed by atoms with Gasteiger partial charge in [0, 0.05) is 6.92 Å². The van der Waals surface area contributed by atoms with Gasteiger partial charge in [0.1, 0.15) is 18.4 Å². The first-order valence-corrected chi connectivity index (χ1v) is 12.9. The maximum atomic E-state index is 2.43. The normalized spacial score (nSPS) is 12.0. The fourth-order valence-electron chi connectivity index (χ4n) is 4.53. The molecule has 0 spiro atoms. The molecule has 0 unspecified atom stereocenters. The second-order valence-electron chi connectivity index (χ2n) is 9.13. The predicted octanol–water partition coefficient (Wildman–Crippen LogP) is 8.75. The number of benzene rings is 1. The highest BCUT2D eigenvalue weighted by atomic mass is 79.9. The molecule has 31 heavy (non-hydrogen) atoms. The molecule has 0 radical (unpaired) electrons. The lowest BCUT2D eigenvalue weighted by atomic mass is 10.0. The smallest absolute Gasteiger partial charge is 0.234 e. The maximum absolute atomic E-state index is 2.43. The van der Waals surface area contributed by atoms with Gasteiger partial charge >= 0.3 is 0 Å². The molecule has 2 rings (SSSR count). The number of nitrogens with zero attached hydrogens (tertiary/aromatic N) is 2. The Labute approximate surface area is 203 Å². The van der Waals surface area contributed by atoms with Crippen molar-refractivity contribution in [2.24, 2.45) is 0 Å². The zero-order valence-corrected chi connectivity index (χ0v) is 22.2. The lowest BCUT2D eigenvalue weighted by Crippen LogP contribution is -2.35. The monoisotopic (exact) mass is 491 g/mol. The minimum Gasteiger partial charge on any atom is -0.234 e. The second kappa shape index (κ2) is 17.5. The van der Waals surface area contributed by atoms with Crippen LogP contribution in [0.1, 0.15) is 121 Å². The molecule has 0 amide bonds. The van der Waals surface area contributed by atoms with Gasteiger partial charge in [0.05, 0.1) is 6.54 Å². The number of unbranched alkanes of at least 4 members (excludes halogenated alkanes) is 13. The highest BCUT2D eigenvalue weighted by Gasteiger charge is 2.18. The molecule has 0 aliphatic rings. The Hall–Kier alpha value is -1.09. The van der Waals surface area contributed by atoms with Gasteiger partial charge in [0.2, 0.25) is 0 Å². The minimum atomic E-state index is 0. The molecule has 2 aromatic rings. The summed E-state index contributed by atoms with van der Waals surface area (Å²) in [4.78, 5) is 0. The third kappa shape index (κ3) is 10.9. The number of halogens is 1. The summed E-state index contributed by atoms with van der Waals surface area (Å²) >= 11 is 0. The van der Waals surface area contributed by atoms with Crippen LogP contribution in [0, 0.1) is 6.92 Å². The van der Waals surface area contributed by atoms with Crippen LogP contribution in [0.2, 0.25) is 0 Å². The molecule has 0 saturated heterocycles. The number of hydrogen-bond acceptors (Lipinski definition) is 0. The van der Waals surface area contributed by atoms with Crippen molar-refractivity contribution in [3.05, 3.63) is 54.1 Å². The standard InChI is InChI=1S/C28H47N2.BrH/c1-4-5-6-7-8-9-10-11-12-13-14-15-16-20-23-29-24-25-30(27(29)3)26(2)28-21-18-17-19-22-28;/h17-19,21-22,24-26H,4-16,20,23H2,1-3H3;1H/q+1;/t26-;/m1./s1. The van der Waals surface area contributed by atoms with Crippen molar-refractivity contribution in [2.45, 2.75) is 123 Å². The molecule has 176 valence electrons. The van der Waals surface area contributed by atoms with Gasteiger partial charge in [-0.15, -0.1) is 17.0 Å². The molecule has 1 aromatic carbocycles. The first-order chi connectivity index (χ1) is 14.7. The first-order valence-electron chi connectivity index (χ1n) is 12.9. The minimum absolute atomic E-state index is 0. The number of imidazole rings is 1. The van der Waals surface area contributed by atoms with E-state index >= 15 is 0 Å². The van der Waals surface area contributed by atoms with Crippen molar-refractivity contribution < 1.29 is 4.57 Å². The maximum Gasteiger partial charge on any atom is 0.253 e. The van der Waals surface area contributed by atoms with Crippen LogP contribution < -0.4 is 4.57 Å². The third-order valence-electron chi connectivity index (χ3n) is 6.65. The topological polar surface area (TPSA) is 8.81 Å². The number of rotatable bonds is 17. The lowest BCUT2D eigenvalue weighted by Gasteiger charge is -2.10. The van der Waals surface area contributed by atoms with E-state index in [1.54, 1.807) is 0 Å². The molecule has 0 aliphatic carbocycles. The van der Waals surface area contributed by atoms with Crippen LogP contribution in [-0.2, 0) is 6.54 Å². The fraction of sp³-hybridized carbons (Fsp3) is 0.679. The summed E-state index contributed by atoms with van der Waals surface area (Å²) in [6.07, 6.45) is 24.4. The van der Waals surface area contributed by atoms with E-state index < -0.39 is 0 Å². The molecular weight excluding hydrogens is 444 g/mol. The van der Waals surface area contributed by atoms with E-state index in [0.29, 0.717) is 6.04 Å². The zero-order valence-electron chi connectivity index (χ0n) is 20.5. The van der Waals surface area contributed by atoms with E-state index in [4.69, 9.17) is 0 Å². The molecule has 3 heteroatoms. The SMILES string of the molecule is Br.CCCCCCCCCCCCCCCC[n+]1ccn([C@H](C)c2ccccc2)c1C. The molecule has 1 atom stereocenters. The van der Waals surface area contributed by atoms with E-state index in [1.807, 2.05) is 0 Å². The second-order valence-corrected chi connectivity index (χ2v) is 9.13. The van der Waals surface area contributed by atoms with E-state index in [1.165, 1.54) is 101 Å². The fourth-order valence-corrected chi connectivity index (χ4v) is 4.53. The quantitative estimate of drug-likeness (QED) is 0.154. The van der Waals surface area contributed by atoms with Gasteiger partial charge in [0.25, 0.3) is 5.82 Å². The molecule has 2 nitrogen and oxygen atoms in total. The molecule has 0 aliphatic heterocycles. The van der Waals surface area contributed by atoms with Crippen molar-refractivity contribution >= 4 is 17.0 Å². The third-order valence-corrected chi connectivity index (χ3v) is 6.65. The number of aromatic nitrogens is 2. The van der Waals surface area contributed by atoms with Gasteiger partial charge in [-0.25, -0.2) is 9.13 Å². The highest BCUT2D eigenvalue weighted by Crippen LogP contribution is 2.18. The average molecular weight is 493 g/mol. The molecular formula is C28H48BrN2+. The van der Waals surface area contributed by atoms with Crippen LogP contribution in [0.25, 0.3) is 0 Å². The van der Waals surface area contributed by atoms with Gasteiger partial charge in [-0.1, -0.05) is 114 Å². The molecule has 0 N–H and O–H groups in total. The Morgan fingerprint density at radius 3 is 1.74 bits per heavy atom. The molecule has 1 heterocycles. The highest BCUT2D eigenvalue weighted by molar-refractivity contribution is 8.93. The Morgan fingerprint density at radius 2 is 1.23 bits per heavy atom. The Balaban J connectivity index is 0.00000480. The van der Waals surface area contributed by atoms with Crippen molar-refractivity contribution in [3.63, 3.8) is 0 Å². The van der Waals surface area contributed by atoms with Gasteiger partial charge in [-0.05, 0) is 25.3 Å². The van der Waals surface area contributed by atoms with Crippen molar-refractivity contribution in [1.82, 2.24) is 4.57 Å².